The first-order valence-corrected chi connectivity index (χ1v) is 7.67. The van der Waals surface area contributed by atoms with E-state index in [1.54, 1.807) is 12.1 Å². The Labute approximate surface area is 131 Å². The molecule has 0 spiro atoms. The normalized spacial score (nSPS) is 16.8. The fourth-order valence-electron chi connectivity index (χ4n) is 2.70. The molecule has 0 unspecified atom stereocenters. The molecule has 20 heavy (non-hydrogen) atoms. The van der Waals surface area contributed by atoms with Crippen molar-refractivity contribution in [3.8, 4) is 0 Å². The molecule has 3 rings (SSSR count). The first-order chi connectivity index (χ1) is 9.59. The first kappa shape index (κ1) is 14.1. The van der Waals surface area contributed by atoms with E-state index < -0.39 is 0 Å². The fraction of sp³-hybridized carbons (Fsp3) is 0.250. The van der Waals surface area contributed by atoms with Gasteiger partial charge in [-0.2, -0.15) is 0 Å². The Bertz CT molecular complexity index is 623. The quantitative estimate of drug-likeness (QED) is 0.865. The van der Waals surface area contributed by atoms with Gasteiger partial charge in [0.25, 0.3) is 0 Å². The summed E-state index contributed by atoms with van der Waals surface area (Å²) in [5.41, 5.74) is 2.28. The van der Waals surface area contributed by atoms with Crippen molar-refractivity contribution in [3.05, 3.63) is 68.9 Å². The van der Waals surface area contributed by atoms with Crippen LogP contribution in [0.5, 0.6) is 0 Å². The van der Waals surface area contributed by atoms with Gasteiger partial charge in [0.15, 0.2) is 0 Å². The summed E-state index contributed by atoms with van der Waals surface area (Å²) in [5, 5.41) is 4.07. The van der Waals surface area contributed by atoms with E-state index in [1.807, 2.05) is 12.1 Å². The van der Waals surface area contributed by atoms with Crippen LogP contribution in [0.1, 0.15) is 11.1 Å². The molecule has 0 aliphatic carbocycles. The molecule has 104 valence electrons. The molecular weight excluding hydrogens is 341 g/mol. The SMILES string of the molecule is Fc1ccc(Br)c(CC2(c3ccc(Cl)cc3)CNC2)c1. The highest BCUT2D eigenvalue weighted by atomic mass is 79.9. The Hall–Kier alpha value is -0.900. The monoisotopic (exact) mass is 353 g/mol. The number of halogens is 3. The second-order valence-corrected chi connectivity index (χ2v) is 6.59. The Morgan fingerprint density at radius 3 is 2.45 bits per heavy atom. The third-order valence-corrected chi connectivity index (χ3v) is 4.95. The average Bonchev–Trinajstić information content (AvgIpc) is 2.39. The predicted molar refractivity (Wildman–Crippen MR) is 83.8 cm³/mol. The summed E-state index contributed by atoms with van der Waals surface area (Å²) in [6.07, 6.45) is 0.806. The predicted octanol–water partition coefficient (Wildman–Crippen LogP) is 4.33. The Morgan fingerprint density at radius 1 is 1.15 bits per heavy atom. The molecule has 1 aliphatic heterocycles. The maximum absolute atomic E-state index is 13.4. The maximum atomic E-state index is 13.4. The van der Waals surface area contributed by atoms with Crippen molar-refractivity contribution < 1.29 is 4.39 Å². The van der Waals surface area contributed by atoms with Crippen molar-refractivity contribution in [1.29, 1.82) is 0 Å². The van der Waals surface area contributed by atoms with Gasteiger partial charge in [0.05, 0.1) is 0 Å². The van der Waals surface area contributed by atoms with Crippen LogP contribution in [-0.2, 0) is 11.8 Å². The average molecular weight is 355 g/mol. The highest BCUT2D eigenvalue weighted by Gasteiger charge is 2.39. The fourth-order valence-corrected chi connectivity index (χ4v) is 3.22. The van der Waals surface area contributed by atoms with Crippen LogP contribution in [-0.4, -0.2) is 13.1 Å². The van der Waals surface area contributed by atoms with Gasteiger partial charge in [-0.15, -0.1) is 0 Å². The molecule has 2 aromatic carbocycles. The molecule has 1 N–H and O–H groups in total. The van der Waals surface area contributed by atoms with E-state index in [0.717, 1.165) is 34.6 Å². The van der Waals surface area contributed by atoms with Gasteiger partial charge in [0.1, 0.15) is 5.82 Å². The standard InChI is InChI=1S/C16H14BrClFN/c17-15-6-5-14(19)7-11(15)8-16(9-20-10-16)12-1-3-13(18)4-2-12/h1-7,20H,8-10H2. The van der Waals surface area contributed by atoms with Gasteiger partial charge >= 0.3 is 0 Å². The minimum Gasteiger partial charge on any atom is -0.315 e. The lowest BCUT2D eigenvalue weighted by molar-refractivity contribution is 0.274. The molecule has 0 saturated carbocycles. The van der Waals surface area contributed by atoms with E-state index in [2.05, 4.69) is 33.4 Å². The molecule has 0 atom stereocenters. The van der Waals surface area contributed by atoms with Gasteiger partial charge in [-0.3, -0.25) is 0 Å². The highest BCUT2D eigenvalue weighted by molar-refractivity contribution is 9.10. The molecule has 0 radical (unpaired) electrons. The van der Waals surface area contributed by atoms with Crippen LogP contribution in [0.15, 0.2) is 46.9 Å². The third kappa shape index (κ3) is 2.62. The zero-order valence-electron chi connectivity index (χ0n) is 10.8. The van der Waals surface area contributed by atoms with Crippen molar-refractivity contribution >= 4 is 27.5 Å². The zero-order valence-corrected chi connectivity index (χ0v) is 13.1. The van der Waals surface area contributed by atoms with Crippen LogP contribution < -0.4 is 5.32 Å². The molecule has 2 aromatic rings. The smallest absolute Gasteiger partial charge is 0.123 e. The third-order valence-electron chi connectivity index (χ3n) is 3.92. The summed E-state index contributed by atoms with van der Waals surface area (Å²) in [6.45, 7) is 1.80. The van der Waals surface area contributed by atoms with Crippen LogP contribution in [0.2, 0.25) is 5.02 Å². The maximum Gasteiger partial charge on any atom is 0.123 e. The lowest BCUT2D eigenvalue weighted by Crippen LogP contribution is -2.58. The van der Waals surface area contributed by atoms with Gasteiger partial charge in [-0.1, -0.05) is 39.7 Å². The summed E-state index contributed by atoms with van der Waals surface area (Å²) >= 11 is 9.47. The molecule has 0 amide bonds. The van der Waals surface area contributed by atoms with Gasteiger partial charge in [-0.25, -0.2) is 4.39 Å². The first-order valence-electron chi connectivity index (χ1n) is 6.50. The van der Waals surface area contributed by atoms with E-state index >= 15 is 0 Å². The molecular formula is C16H14BrClFN. The summed E-state index contributed by atoms with van der Waals surface area (Å²) in [7, 11) is 0. The van der Waals surface area contributed by atoms with E-state index in [1.165, 1.54) is 11.6 Å². The summed E-state index contributed by atoms with van der Waals surface area (Å²) in [4.78, 5) is 0. The number of hydrogen-bond donors (Lipinski definition) is 1. The Balaban J connectivity index is 1.93. The number of nitrogens with one attached hydrogen (secondary N) is 1. The summed E-state index contributed by atoms with van der Waals surface area (Å²) in [5.74, 6) is -0.193. The lowest BCUT2D eigenvalue weighted by atomic mass is 9.71. The molecule has 1 aliphatic rings. The van der Waals surface area contributed by atoms with Crippen molar-refractivity contribution in [2.24, 2.45) is 0 Å². The molecule has 1 nitrogen and oxygen atoms in total. The zero-order chi connectivity index (χ0) is 14.2. The Kier molecular flexibility index (Phi) is 3.85. The number of benzene rings is 2. The van der Waals surface area contributed by atoms with Gasteiger partial charge in [-0.05, 0) is 47.9 Å². The molecule has 4 heteroatoms. The Morgan fingerprint density at radius 2 is 1.85 bits per heavy atom. The summed E-state index contributed by atoms with van der Waals surface area (Å²) < 4.78 is 14.4. The van der Waals surface area contributed by atoms with Gasteiger partial charge in [0.2, 0.25) is 0 Å². The minimum atomic E-state index is -0.193. The number of hydrogen-bond acceptors (Lipinski definition) is 1. The molecule has 1 fully saturated rings. The highest BCUT2D eigenvalue weighted by Crippen LogP contribution is 2.35. The second kappa shape index (κ2) is 5.47. The largest absolute Gasteiger partial charge is 0.315 e. The van der Waals surface area contributed by atoms with Crippen molar-refractivity contribution in [3.63, 3.8) is 0 Å². The minimum absolute atomic E-state index is 0.0287. The molecule has 0 aromatic heterocycles. The summed E-state index contributed by atoms with van der Waals surface area (Å²) in [6, 6.07) is 12.8. The van der Waals surface area contributed by atoms with Crippen molar-refractivity contribution in [2.45, 2.75) is 11.8 Å². The van der Waals surface area contributed by atoms with Gasteiger partial charge in [0, 0.05) is 28.0 Å². The van der Waals surface area contributed by atoms with Crippen LogP contribution in [0, 0.1) is 5.82 Å². The molecule has 1 heterocycles. The van der Waals surface area contributed by atoms with E-state index in [4.69, 9.17) is 11.6 Å². The van der Waals surface area contributed by atoms with Crippen LogP contribution in [0.4, 0.5) is 4.39 Å². The molecule has 0 bridgehead atoms. The topological polar surface area (TPSA) is 12.0 Å². The van der Waals surface area contributed by atoms with Crippen LogP contribution >= 0.6 is 27.5 Å². The van der Waals surface area contributed by atoms with Crippen molar-refractivity contribution in [1.82, 2.24) is 5.32 Å². The van der Waals surface area contributed by atoms with Crippen LogP contribution in [0.3, 0.4) is 0 Å². The molecule has 1 saturated heterocycles. The van der Waals surface area contributed by atoms with Crippen molar-refractivity contribution in [2.75, 3.05) is 13.1 Å². The number of rotatable bonds is 3. The van der Waals surface area contributed by atoms with E-state index in [0.29, 0.717) is 0 Å². The van der Waals surface area contributed by atoms with E-state index in [9.17, 15) is 4.39 Å². The van der Waals surface area contributed by atoms with E-state index in [-0.39, 0.29) is 11.2 Å². The second-order valence-electron chi connectivity index (χ2n) is 5.30. The van der Waals surface area contributed by atoms with Gasteiger partial charge < -0.3 is 5.32 Å². The lowest BCUT2D eigenvalue weighted by Gasteiger charge is -2.43. The van der Waals surface area contributed by atoms with Crippen LogP contribution in [0.25, 0.3) is 0 Å².